The third-order valence-electron chi connectivity index (χ3n) is 3.47. The minimum absolute atomic E-state index is 0.269. The van der Waals surface area contributed by atoms with Gasteiger partial charge in [0.1, 0.15) is 0 Å². The topological polar surface area (TPSA) is 35.5 Å². The normalized spacial score (nSPS) is 28.0. The lowest BCUT2D eigenvalue weighted by molar-refractivity contribution is 0.0809. The number of aliphatic hydroxyl groups excluding tert-OH is 1. The van der Waals surface area contributed by atoms with Crippen molar-refractivity contribution in [3.8, 4) is 0 Å². The molecule has 2 N–H and O–H groups in total. The van der Waals surface area contributed by atoms with E-state index in [1.54, 1.807) is 0 Å². The van der Waals surface area contributed by atoms with Gasteiger partial charge in [-0.2, -0.15) is 0 Å². The number of nitrogens with one attached hydrogen (secondary N) is 1. The fourth-order valence-electron chi connectivity index (χ4n) is 2.53. The van der Waals surface area contributed by atoms with Gasteiger partial charge in [0.25, 0.3) is 0 Å². The smallest absolute Gasteiger partial charge is 0.0446 e. The molecule has 3 nitrogen and oxygen atoms in total. The van der Waals surface area contributed by atoms with Gasteiger partial charge in [0.15, 0.2) is 0 Å². The Balaban J connectivity index is 2.68. The molecule has 1 aliphatic rings. The third kappa shape index (κ3) is 3.44. The lowest BCUT2D eigenvalue weighted by atomic mass is 9.97. The van der Waals surface area contributed by atoms with Crippen LogP contribution in [0.4, 0.5) is 0 Å². The lowest BCUT2D eigenvalue weighted by Crippen LogP contribution is -2.50. The highest BCUT2D eigenvalue weighted by Crippen LogP contribution is 2.24. The van der Waals surface area contributed by atoms with Crippen LogP contribution in [0.15, 0.2) is 0 Å². The van der Waals surface area contributed by atoms with Crippen molar-refractivity contribution in [3.63, 3.8) is 0 Å². The Morgan fingerprint density at radius 2 is 2.13 bits per heavy atom. The van der Waals surface area contributed by atoms with Crippen LogP contribution in [-0.2, 0) is 0 Å². The molecule has 0 radical (unpaired) electrons. The van der Waals surface area contributed by atoms with Crippen LogP contribution in [0.2, 0.25) is 0 Å². The molecule has 0 saturated carbocycles. The highest BCUT2D eigenvalue weighted by molar-refractivity contribution is 4.90. The summed E-state index contributed by atoms with van der Waals surface area (Å²) in [7, 11) is 0. The Kier molecular flexibility index (Phi) is 4.56. The zero-order chi connectivity index (χ0) is 11.5. The van der Waals surface area contributed by atoms with Crippen molar-refractivity contribution in [1.29, 1.82) is 0 Å². The second-order valence-electron chi connectivity index (χ2n) is 5.47. The second kappa shape index (κ2) is 5.28. The summed E-state index contributed by atoms with van der Waals surface area (Å²) in [6.07, 6.45) is 2.03. The van der Waals surface area contributed by atoms with Crippen molar-refractivity contribution in [3.05, 3.63) is 0 Å². The summed E-state index contributed by atoms with van der Waals surface area (Å²) in [4.78, 5) is 2.55. The van der Waals surface area contributed by atoms with Gasteiger partial charge < -0.3 is 10.4 Å². The van der Waals surface area contributed by atoms with Crippen LogP contribution in [0.25, 0.3) is 0 Å². The van der Waals surface area contributed by atoms with Gasteiger partial charge in [0.05, 0.1) is 0 Å². The van der Waals surface area contributed by atoms with E-state index in [2.05, 4.69) is 37.9 Å². The maximum Gasteiger partial charge on any atom is 0.0446 e. The Morgan fingerprint density at radius 1 is 1.47 bits per heavy atom. The molecule has 90 valence electrons. The van der Waals surface area contributed by atoms with E-state index in [1.165, 1.54) is 6.42 Å². The van der Waals surface area contributed by atoms with Gasteiger partial charge >= 0.3 is 0 Å². The van der Waals surface area contributed by atoms with Crippen LogP contribution in [0.5, 0.6) is 0 Å². The molecular formula is C12H26N2O. The Labute approximate surface area is 93.9 Å². The first-order chi connectivity index (χ1) is 6.97. The Bertz CT molecular complexity index is 192. The van der Waals surface area contributed by atoms with Crippen molar-refractivity contribution in [2.24, 2.45) is 0 Å². The second-order valence-corrected chi connectivity index (χ2v) is 5.47. The van der Waals surface area contributed by atoms with Crippen molar-refractivity contribution in [1.82, 2.24) is 10.2 Å². The monoisotopic (exact) mass is 214 g/mol. The van der Waals surface area contributed by atoms with Crippen molar-refractivity contribution < 1.29 is 5.11 Å². The van der Waals surface area contributed by atoms with Crippen molar-refractivity contribution in [2.45, 2.75) is 58.2 Å². The first-order valence-corrected chi connectivity index (χ1v) is 6.08. The molecular weight excluding hydrogens is 188 g/mol. The maximum atomic E-state index is 9.01. The van der Waals surface area contributed by atoms with Crippen molar-refractivity contribution in [2.75, 3.05) is 19.7 Å². The predicted molar refractivity (Wildman–Crippen MR) is 64.0 cm³/mol. The highest BCUT2D eigenvalue weighted by atomic mass is 16.3. The molecule has 1 unspecified atom stereocenters. The number of hydrogen-bond donors (Lipinski definition) is 2. The maximum absolute atomic E-state index is 9.01. The lowest BCUT2D eigenvalue weighted by Gasteiger charge is -2.41. The van der Waals surface area contributed by atoms with E-state index < -0.39 is 0 Å². The van der Waals surface area contributed by atoms with Gasteiger partial charge in [-0.25, -0.2) is 0 Å². The van der Waals surface area contributed by atoms with Gasteiger partial charge in [-0.3, -0.25) is 4.90 Å². The van der Waals surface area contributed by atoms with E-state index in [1.807, 2.05) is 0 Å². The van der Waals surface area contributed by atoms with Gasteiger partial charge in [-0.15, -0.1) is 0 Å². The minimum Gasteiger partial charge on any atom is -0.396 e. The molecule has 0 amide bonds. The molecule has 1 saturated heterocycles. The molecule has 0 aromatic heterocycles. The predicted octanol–water partition coefficient (Wildman–Crippen LogP) is 1.22. The molecule has 0 aromatic rings. The van der Waals surface area contributed by atoms with Gasteiger partial charge in [0, 0.05) is 30.8 Å². The van der Waals surface area contributed by atoms with Gasteiger partial charge in [-0.1, -0.05) is 0 Å². The number of nitrogens with zero attached hydrogens (tertiary/aromatic N) is 1. The molecule has 0 spiro atoms. The molecule has 1 aliphatic heterocycles. The summed E-state index contributed by atoms with van der Waals surface area (Å²) in [5.41, 5.74) is 0.269. The molecule has 1 heterocycles. The average Bonchev–Trinajstić information content (AvgIpc) is 2.25. The van der Waals surface area contributed by atoms with E-state index in [-0.39, 0.29) is 12.1 Å². The molecule has 0 aliphatic carbocycles. The molecule has 1 fully saturated rings. The van der Waals surface area contributed by atoms with Crippen LogP contribution in [0.1, 0.15) is 40.5 Å². The van der Waals surface area contributed by atoms with Crippen LogP contribution >= 0.6 is 0 Å². The number of aliphatic hydroxyl groups is 1. The van der Waals surface area contributed by atoms with Gasteiger partial charge in [0.2, 0.25) is 0 Å². The van der Waals surface area contributed by atoms with E-state index in [4.69, 9.17) is 5.11 Å². The molecule has 3 heteroatoms. The molecule has 1 atom stereocenters. The van der Waals surface area contributed by atoms with E-state index in [0.717, 1.165) is 19.5 Å². The number of rotatable bonds is 3. The number of hydrogen-bond acceptors (Lipinski definition) is 3. The molecule has 1 rings (SSSR count). The van der Waals surface area contributed by atoms with Crippen molar-refractivity contribution >= 4 is 0 Å². The third-order valence-corrected chi connectivity index (χ3v) is 3.47. The van der Waals surface area contributed by atoms with Crippen LogP contribution < -0.4 is 5.32 Å². The summed E-state index contributed by atoms with van der Waals surface area (Å²) in [6, 6.07) is 1.01. The van der Waals surface area contributed by atoms with E-state index in [9.17, 15) is 0 Å². The molecule has 15 heavy (non-hydrogen) atoms. The highest BCUT2D eigenvalue weighted by Gasteiger charge is 2.32. The quantitative estimate of drug-likeness (QED) is 0.741. The summed E-state index contributed by atoms with van der Waals surface area (Å²) in [6.45, 7) is 11.5. The minimum atomic E-state index is 0.269. The van der Waals surface area contributed by atoms with Gasteiger partial charge in [-0.05, 0) is 47.1 Å². The van der Waals surface area contributed by atoms with E-state index in [0.29, 0.717) is 12.1 Å². The zero-order valence-corrected chi connectivity index (χ0v) is 10.6. The largest absolute Gasteiger partial charge is 0.396 e. The SMILES string of the molecule is CC(C)N1CC(CCO)NCCC1(C)C. The fraction of sp³-hybridized carbons (Fsp3) is 1.00. The first-order valence-electron chi connectivity index (χ1n) is 6.08. The summed E-state index contributed by atoms with van der Waals surface area (Å²) >= 11 is 0. The van der Waals surface area contributed by atoms with Crippen LogP contribution in [-0.4, -0.2) is 47.3 Å². The Hall–Kier alpha value is -0.120. The van der Waals surface area contributed by atoms with Crippen LogP contribution in [0, 0.1) is 0 Å². The average molecular weight is 214 g/mol. The first kappa shape index (κ1) is 12.9. The molecule has 0 aromatic carbocycles. The summed E-state index contributed by atoms with van der Waals surface area (Å²) in [5, 5.41) is 12.5. The van der Waals surface area contributed by atoms with Crippen LogP contribution in [0.3, 0.4) is 0 Å². The summed E-state index contributed by atoms with van der Waals surface area (Å²) < 4.78 is 0. The molecule has 0 bridgehead atoms. The summed E-state index contributed by atoms with van der Waals surface area (Å²) in [5.74, 6) is 0. The zero-order valence-electron chi connectivity index (χ0n) is 10.6. The fourth-order valence-corrected chi connectivity index (χ4v) is 2.53. The standard InChI is InChI=1S/C12H26N2O/c1-10(2)14-9-11(5-8-15)13-7-6-12(14,3)4/h10-11,13,15H,5-9H2,1-4H3. The Morgan fingerprint density at radius 3 is 2.67 bits per heavy atom. The van der Waals surface area contributed by atoms with E-state index >= 15 is 0 Å².